The van der Waals surface area contributed by atoms with E-state index in [1.165, 1.54) is 0 Å². The summed E-state index contributed by atoms with van der Waals surface area (Å²) in [7, 11) is 0. The zero-order valence-corrected chi connectivity index (χ0v) is 17.0. The fourth-order valence-electron chi connectivity index (χ4n) is 4.45. The van der Waals surface area contributed by atoms with Gasteiger partial charge in [0, 0.05) is 34.2 Å². The number of likely N-dealkylation sites (tertiary alicyclic amines) is 1. The summed E-state index contributed by atoms with van der Waals surface area (Å²) in [6, 6.07) is 12.1. The molecule has 0 radical (unpaired) electrons. The summed E-state index contributed by atoms with van der Waals surface area (Å²) in [5.74, 6) is 0.191. The van der Waals surface area contributed by atoms with E-state index in [2.05, 4.69) is 36.3 Å². The SMILES string of the molecule is CCC1(C)CCC(C)N1CC(=O)c1cc(C)n(-c2ccc(C#N)cc2)c1C. The molecule has 0 spiro atoms. The third kappa shape index (κ3) is 3.44. The largest absolute Gasteiger partial charge is 0.318 e. The standard InChI is InChI=1S/C23H29N3O/c1-6-23(5)12-11-16(2)25(23)15-22(27)21-13-17(3)26(18(21)4)20-9-7-19(14-24)8-10-20/h7-10,13,16H,6,11-12,15H2,1-5H3. The van der Waals surface area contributed by atoms with Crippen molar-refractivity contribution in [3.63, 3.8) is 0 Å². The molecule has 4 heteroatoms. The number of aryl methyl sites for hydroxylation is 1. The first-order chi connectivity index (χ1) is 12.8. The number of nitrogens with zero attached hydrogens (tertiary/aromatic N) is 3. The van der Waals surface area contributed by atoms with Crippen molar-refractivity contribution < 1.29 is 4.79 Å². The maximum atomic E-state index is 13.2. The maximum Gasteiger partial charge on any atom is 0.178 e. The van der Waals surface area contributed by atoms with Crippen LogP contribution in [0.15, 0.2) is 30.3 Å². The number of nitriles is 1. The lowest BCUT2D eigenvalue weighted by Crippen LogP contribution is -2.46. The molecule has 2 aromatic rings. The molecule has 1 aliphatic rings. The van der Waals surface area contributed by atoms with Crippen LogP contribution < -0.4 is 0 Å². The third-order valence-electron chi connectivity index (χ3n) is 6.39. The number of hydrogen-bond acceptors (Lipinski definition) is 3. The van der Waals surface area contributed by atoms with Crippen LogP contribution in [0, 0.1) is 25.2 Å². The first kappa shape index (κ1) is 19.4. The molecular formula is C23H29N3O. The highest BCUT2D eigenvalue weighted by Gasteiger charge is 2.40. The Kier molecular flexibility index (Phi) is 5.26. The van der Waals surface area contributed by atoms with E-state index in [-0.39, 0.29) is 11.3 Å². The average molecular weight is 364 g/mol. The van der Waals surface area contributed by atoms with Gasteiger partial charge in [0.1, 0.15) is 0 Å². The smallest absolute Gasteiger partial charge is 0.178 e. The van der Waals surface area contributed by atoms with Crippen molar-refractivity contribution in [2.75, 3.05) is 6.54 Å². The zero-order valence-electron chi connectivity index (χ0n) is 17.0. The molecule has 1 saturated heterocycles. The highest BCUT2D eigenvalue weighted by molar-refractivity contribution is 5.99. The lowest BCUT2D eigenvalue weighted by atomic mass is 9.95. The maximum absolute atomic E-state index is 13.2. The number of benzene rings is 1. The van der Waals surface area contributed by atoms with Crippen LogP contribution >= 0.6 is 0 Å². The van der Waals surface area contributed by atoms with Crippen LogP contribution in [-0.2, 0) is 0 Å². The van der Waals surface area contributed by atoms with E-state index >= 15 is 0 Å². The van der Waals surface area contributed by atoms with Gasteiger partial charge in [-0.3, -0.25) is 9.69 Å². The molecule has 1 fully saturated rings. The molecule has 0 amide bonds. The zero-order chi connectivity index (χ0) is 19.8. The number of ketones is 1. The number of hydrogen-bond donors (Lipinski definition) is 0. The Morgan fingerprint density at radius 2 is 1.96 bits per heavy atom. The molecular weight excluding hydrogens is 334 g/mol. The number of carbonyl (C=O) groups is 1. The van der Waals surface area contributed by atoms with E-state index in [1.54, 1.807) is 0 Å². The minimum absolute atomic E-state index is 0.119. The minimum atomic E-state index is 0.119. The van der Waals surface area contributed by atoms with Crippen molar-refractivity contribution in [3.8, 4) is 11.8 Å². The van der Waals surface area contributed by atoms with Crippen LogP contribution in [0.2, 0.25) is 0 Å². The van der Waals surface area contributed by atoms with Crippen molar-refractivity contribution in [1.82, 2.24) is 9.47 Å². The van der Waals surface area contributed by atoms with Gasteiger partial charge in [-0.05, 0) is 77.3 Å². The summed E-state index contributed by atoms with van der Waals surface area (Å²) >= 11 is 0. The summed E-state index contributed by atoms with van der Waals surface area (Å²) in [6.07, 6.45) is 3.37. The highest BCUT2D eigenvalue weighted by Crippen LogP contribution is 2.36. The van der Waals surface area contributed by atoms with Crippen molar-refractivity contribution >= 4 is 5.78 Å². The van der Waals surface area contributed by atoms with E-state index in [1.807, 2.05) is 44.2 Å². The normalized spacial score (nSPS) is 22.7. The molecule has 0 saturated carbocycles. The Bertz CT molecular complexity index is 888. The fraction of sp³-hybridized carbons (Fsp3) is 0.478. The average Bonchev–Trinajstić information content (AvgIpc) is 3.12. The molecule has 142 valence electrons. The van der Waals surface area contributed by atoms with E-state index in [0.29, 0.717) is 18.2 Å². The molecule has 3 rings (SSSR count). The summed E-state index contributed by atoms with van der Waals surface area (Å²) < 4.78 is 2.10. The van der Waals surface area contributed by atoms with Crippen molar-refractivity contribution in [2.45, 2.75) is 65.5 Å². The molecule has 2 atom stereocenters. The molecule has 1 aliphatic heterocycles. The van der Waals surface area contributed by atoms with Gasteiger partial charge in [0.2, 0.25) is 0 Å². The Morgan fingerprint density at radius 3 is 2.56 bits per heavy atom. The predicted octanol–water partition coefficient (Wildman–Crippen LogP) is 4.80. The number of Topliss-reactive ketones (excluding diaryl/α,β-unsaturated/α-hetero) is 1. The van der Waals surface area contributed by atoms with E-state index in [4.69, 9.17) is 5.26 Å². The number of carbonyl (C=O) groups excluding carboxylic acids is 1. The topological polar surface area (TPSA) is 49.0 Å². The minimum Gasteiger partial charge on any atom is -0.318 e. The number of rotatable bonds is 5. The number of aromatic nitrogens is 1. The summed E-state index contributed by atoms with van der Waals surface area (Å²) in [5.41, 5.74) is 4.54. The van der Waals surface area contributed by atoms with E-state index in [9.17, 15) is 4.79 Å². The van der Waals surface area contributed by atoms with Gasteiger partial charge >= 0.3 is 0 Å². The first-order valence-corrected chi connectivity index (χ1v) is 9.80. The van der Waals surface area contributed by atoms with E-state index < -0.39 is 0 Å². The van der Waals surface area contributed by atoms with Crippen LogP contribution in [0.3, 0.4) is 0 Å². The van der Waals surface area contributed by atoms with Crippen molar-refractivity contribution in [2.24, 2.45) is 0 Å². The second-order valence-electron chi connectivity index (χ2n) is 8.07. The van der Waals surface area contributed by atoms with Gasteiger partial charge in [0.15, 0.2) is 5.78 Å². The van der Waals surface area contributed by atoms with Gasteiger partial charge in [0.25, 0.3) is 0 Å². The fourth-order valence-corrected chi connectivity index (χ4v) is 4.45. The molecule has 1 aromatic heterocycles. The summed E-state index contributed by atoms with van der Waals surface area (Å²) in [5, 5.41) is 9.00. The van der Waals surface area contributed by atoms with Gasteiger partial charge < -0.3 is 4.57 Å². The Balaban J connectivity index is 1.89. The van der Waals surface area contributed by atoms with Crippen molar-refractivity contribution in [1.29, 1.82) is 5.26 Å². The van der Waals surface area contributed by atoms with Crippen LogP contribution in [0.4, 0.5) is 0 Å². The molecule has 0 aliphatic carbocycles. The Labute approximate surface area is 162 Å². The van der Waals surface area contributed by atoms with Gasteiger partial charge in [0.05, 0.1) is 18.2 Å². The quantitative estimate of drug-likeness (QED) is 0.717. The first-order valence-electron chi connectivity index (χ1n) is 9.80. The van der Waals surface area contributed by atoms with Crippen molar-refractivity contribution in [3.05, 3.63) is 52.8 Å². The van der Waals surface area contributed by atoms with E-state index in [0.717, 1.165) is 41.9 Å². The summed E-state index contributed by atoms with van der Waals surface area (Å²) in [4.78, 5) is 15.6. The van der Waals surface area contributed by atoms with Crippen LogP contribution in [0.25, 0.3) is 5.69 Å². The van der Waals surface area contributed by atoms with Gasteiger partial charge in [-0.25, -0.2) is 0 Å². The lowest BCUT2D eigenvalue weighted by Gasteiger charge is -2.36. The highest BCUT2D eigenvalue weighted by atomic mass is 16.1. The Morgan fingerprint density at radius 1 is 1.30 bits per heavy atom. The monoisotopic (exact) mass is 363 g/mol. The molecule has 0 N–H and O–H groups in total. The molecule has 27 heavy (non-hydrogen) atoms. The molecule has 0 bridgehead atoms. The van der Waals surface area contributed by atoms with Gasteiger partial charge in [-0.15, -0.1) is 0 Å². The van der Waals surface area contributed by atoms with Crippen LogP contribution in [0.5, 0.6) is 0 Å². The molecule has 2 unspecified atom stereocenters. The lowest BCUT2D eigenvalue weighted by molar-refractivity contribution is 0.0768. The molecule has 1 aromatic carbocycles. The molecule has 4 nitrogen and oxygen atoms in total. The molecule has 2 heterocycles. The van der Waals surface area contributed by atoms with Gasteiger partial charge in [-0.2, -0.15) is 5.26 Å². The Hall–Kier alpha value is -2.38. The van der Waals surface area contributed by atoms with Crippen LogP contribution in [-0.4, -0.2) is 33.4 Å². The van der Waals surface area contributed by atoms with Crippen LogP contribution in [0.1, 0.15) is 67.3 Å². The second kappa shape index (κ2) is 7.32. The van der Waals surface area contributed by atoms with Gasteiger partial charge in [-0.1, -0.05) is 6.92 Å². The predicted molar refractivity (Wildman–Crippen MR) is 108 cm³/mol. The summed E-state index contributed by atoms with van der Waals surface area (Å²) in [6.45, 7) is 11.2. The second-order valence-corrected chi connectivity index (χ2v) is 8.07. The third-order valence-corrected chi connectivity index (χ3v) is 6.39.